The first kappa shape index (κ1) is 13.5. The van der Waals surface area contributed by atoms with Gasteiger partial charge in [-0.25, -0.2) is 4.99 Å². The average Bonchev–Trinajstić information content (AvgIpc) is 2.79. The SMILES string of the molecule is COC(=O)CCn1ccc[n+]1CCCN=C=S. The summed E-state index contributed by atoms with van der Waals surface area (Å²) in [7, 11) is 1.40. The summed E-state index contributed by atoms with van der Waals surface area (Å²) in [6.07, 6.45) is 5.18. The van der Waals surface area contributed by atoms with Crippen molar-refractivity contribution < 1.29 is 14.2 Å². The molecule has 0 unspecified atom stereocenters. The van der Waals surface area contributed by atoms with Gasteiger partial charge in [0.2, 0.25) is 0 Å². The zero-order valence-electron chi connectivity index (χ0n) is 9.83. The summed E-state index contributed by atoms with van der Waals surface area (Å²) < 4.78 is 8.63. The van der Waals surface area contributed by atoms with E-state index in [1.807, 2.05) is 27.8 Å². The van der Waals surface area contributed by atoms with Crippen LogP contribution in [0.1, 0.15) is 12.8 Å². The summed E-state index contributed by atoms with van der Waals surface area (Å²) in [6, 6.07) is 1.94. The number of hydrogen-bond acceptors (Lipinski definition) is 4. The highest BCUT2D eigenvalue weighted by Gasteiger charge is 2.09. The van der Waals surface area contributed by atoms with Gasteiger partial charge in [-0.3, -0.25) is 4.79 Å². The Kier molecular flexibility index (Phi) is 6.14. The van der Waals surface area contributed by atoms with Gasteiger partial charge in [-0.2, -0.15) is 4.68 Å². The summed E-state index contributed by atoms with van der Waals surface area (Å²) in [5, 5.41) is 2.34. The second kappa shape index (κ2) is 7.70. The Morgan fingerprint density at radius 2 is 2.47 bits per heavy atom. The van der Waals surface area contributed by atoms with Crippen LogP contribution in [0.4, 0.5) is 0 Å². The quantitative estimate of drug-likeness (QED) is 0.238. The van der Waals surface area contributed by atoms with Crippen molar-refractivity contribution in [2.45, 2.75) is 25.9 Å². The van der Waals surface area contributed by atoms with Gasteiger partial charge in [0, 0.05) is 12.5 Å². The Hall–Kier alpha value is -1.52. The normalized spacial score (nSPS) is 9.71. The van der Waals surface area contributed by atoms with Gasteiger partial charge < -0.3 is 4.74 Å². The molecule has 0 saturated carbocycles. The summed E-state index contributed by atoms with van der Waals surface area (Å²) in [4.78, 5) is 14.9. The van der Waals surface area contributed by atoms with Crippen LogP contribution in [-0.4, -0.2) is 29.5 Å². The highest BCUT2D eigenvalue weighted by molar-refractivity contribution is 7.78. The van der Waals surface area contributed by atoms with Crippen LogP contribution in [0.5, 0.6) is 0 Å². The summed E-state index contributed by atoms with van der Waals surface area (Å²) in [6.45, 7) is 2.14. The van der Waals surface area contributed by atoms with Crippen LogP contribution in [0.3, 0.4) is 0 Å². The maximum atomic E-state index is 11.0. The minimum Gasteiger partial charge on any atom is -0.469 e. The van der Waals surface area contributed by atoms with Crippen LogP contribution < -0.4 is 4.68 Å². The first-order chi connectivity index (χ1) is 8.27. The third-order valence-electron chi connectivity index (χ3n) is 2.34. The van der Waals surface area contributed by atoms with Crippen molar-refractivity contribution in [3.05, 3.63) is 18.5 Å². The zero-order valence-corrected chi connectivity index (χ0v) is 10.7. The molecule has 0 radical (unpaired) electrons. The highest BCUT2D eigenvalue weighted by atomic mass is 32.1. The number of aliphatic imine (C=N–C) groups is 1. The van der Waals surface area contributed by atoms with Crippen molar-refractivity contribution in [2.24, 2.45) is 4.99 Å². The van der Waals surface area contributed by atoms with Crippen molar-refractivity contribution >= 4 is 23.3 Å². The van der Waals surface area contributed by atoms with E-state index in [9.17, 15) is 4.79 Å². The number of carbonyl (C=O) groups excluding carboxylic acids is 1. The van der Waals surface area contributed by atoms with Gasteiger partial charge in [0.15, 0.2) is 12.7 Å². The molecule has 1 aromatic heterocycles. The lowest BCUT2D eigenvalue weighted by molar-refractivity contribution is -0.775. The number of esters is 1. The van der Waals surface area contributed by atoms with Gasteiger partial charge in [0.1, 0.15) is 0 Å². The second-order valence-corrected chi connectivity index (χ2v) is 3.65. The molecule has 0 aliphatic rings. The molecule has 0 atom stereocenters. The van der Waals surface area contributed by atoms with Crippen molar-refractivity contribution in [1.82, 2.24) is 4.68 Å². The van der Waals surface area contributed by atoms with E-state index in [-0.39, 0.29) is 5.97 Å². The Bertz CT molecular complexity index is 411. The van der Waals surface area contributed by atoms with E-state index in [1.54, 1.807) is 0 Å². The molecule has 92 valence electrons. The molecule has 0 fully saturated rings. The molecule has 0 saturated heterocycles. The van der Waals surface area contributed by atoms with Gasteiger partial charge in [-0.1, -0.05) is 0 Å². The van der Waals surface area contributed by atoms with Crippen LogP contribution in [0, 0.1) is 0 Å². The van der Waals surface area contributed by atoms with E-state index in [0.29, 0.717) is 19.5 Å². The van der Waals surface area contributed by atoms with Gasteiger partial charge >= 0.3 is 5.97 Å². The van der Waals surface area contributed by atoms with Crippen LogP contribution in [0.15, 0.2) is 23.5 Å². The number of aromatic nitrogens is 2. The van der Waals surface area contributed by atoms with Crippen LogP contribution >= 0.6 is 12.2 Å². The number of aryl methyl sites for hydroxylation is 2. The minimum atomic E-state index is -0.199. The molecule has 0 spiro atoms. The van der Waals surface area contributed by atoms with E-state index >= 15 is 0 Å². The molecule has 0 bridgehead atoms. The lowest BCUT2D eigenvalue weighted by atomic mass is 10.4. The van der Waals surface area contributed by atoms with Crippen molar-refractivity contribution in [1.29, 1.82) is 0 Å². The molecular weight excluding hydrogens is 238 g/mol. The van der Waals surface area contributed by atoms with Crippen LogP contribution in [-0.2, 0) is 22.6 Å². The average molecular weight is 254 g/mol. The van der Waals surface area contributed by atoms with E-state index in [4.69, 9.17) is 0 Å². The molecule has 5 nitrogen and oxygen atoms in total. The summed E-state index contributed by atoms with van der Waals surface area (Å²) in [5.41, 5.74) is 0. The standard InChI is InChI=1S/C11H16N3O2S/c1-16-11(15)4-9-14-8-3-7-13(14)6-2-5-12-10-17/h3,7-8H,2,4-6,9H2,1H3/q+1. The van der Waals surface area contributed by atoms with E-state index < -0.39 is 0 Å². The smallest absolute Gasteiger partial charge is 0.307 e. The Balaban J connectivity index is 2.42. The van der Waals surface area contributed by atoms with Crippen molar-refractivity contribution in [3.63, 3.8) is 0 Å². The predicted molar refractivity (Wildman–Crippen MR) is 65.8 cm³/mol. The maximum Gasteiger partial charge on any atom is 0.307 e. The molecular formula is C11H16N3O2S+. The second-order valence-electron chi connectivity index (χ2n) is 3.47. The number of nitrogens with zero attached hydrogens (tertiary/aromatic N) is 3. The lowest BCUT2D eigenvalue weighted by Crippen LogP contribution is -2.43. The molecule has 1 rings (SSSR count). The maximum absolute atomic E-state index is 11.0. The molecule has 6 heteroatoms. The van der Waals surface area contributed by atoms with E-state index in [1.165, 1.54) is 7.11 Å². The van der Waals surface area contributed by atoms with Crippen LogP contribution in [0.25, 0.3) is 0 Å². The Morgan fingerprint density at radius 3 is 3.18 bits per heavy atom. The third-order valence-corrected chi connectivity index (χ3v) is 2.47. The minimum absolute atomic E-state index is 0.199. The number of hydrogen-bond donors (Lipinski definition) is 0. The Morgan fingerprint density at radius 1 is 1.65 bits per heavy atom. The first-order valence-corrected chi connectivity index (χ1v) is 5.84. The van der Waals surface area contributed by atoms with E-state index in [2.05, 4.69) is 27.1 Å². The topological polar surface area (TPSA) is 47.5 Å². The molecule has 0 aromatic carbocycles. The van der Waals surface area contributed by atoms with Crippen molar-refractivity contribution in [3.8, 4) is 0 Å². The molecule has 1 heterocycles. The predicted octanol–water partition coefficient (Wildman–Crippen LogP) is 0.832. The number of rotatable bonds is 7. The number of ether oxygens (including phenoxy) is 1. The van der Waals surface area contributed by atoms with Gasteiger partial charge in [-0.15, -0.1) is 4.68 Å². The van der Waals surface area contributed by atoms with Gasteiger partial charge in [0.05, 0.1) is 38.0 Å². The first-order valence-electron chi connectivity index (χ1n) is 5.43. The largest absolute Gasteiger partial charge is 0.469 e. The van der Waals surface area contributed by atoms with Gasteiger partial charge in [0.25, 0.3) is 0 Å². The zero-order chi connectivity index (χ0) is 12.5. The van der Waals surface area contributed by atoms with Gasteiger partial charge in [-0.05, 0) is 12.2 Å². The molecule has 0 aliphatic heterocycles. The fourth-order valence-corrected chi connectivity index (χ4v) is 1.57. The number of thiocarbonyl (C=S) groups is 1. The number of methoxy groups -OCH3 is 1. The Labute approximate surface area is 106 Å². The van der Waals surface area contributed by atoms with Crippen molar-refractivity contribution in [2.75, 3.05) is 13.7 Å². The number of carbonyl (C=O) groups is 1. The highest BCUT2D eigenvalue weighted by Crippen LogP contribution is 1.91. The fourth-order valence-electron chi connectivity index (χ4n) is 1.48. The molecule has 0 aliphatic carbocycles. The fraction of sp³-hybridized carbons (Fsp3) is 0.545. The molecule has 17 heavy (non-hydrogen) atoms. The third kappa shape index (κ3) is 4.89. The molecule has 0 amide bonds. The summed E-state index contributed by atoms with van der Waals surface area (Å²) >= 11 is 4.49. The monoisotopic (exact) mass is 254 g/mol. The molecule has 0 N–H and O–H groups in total. The summed E-state index contributed by atoms with van der Waals surface area (Å²) in [5.74, 6) is -0.199. The number of isothiocyanates is 1. The van der Waals surface area contributed by atoms with Crippen LogP contribution in [0.2, 0.25) is 0 Å². The van der Waals surface area contributed by atoms with E-state index in [0.717, 1.165) is 13.0 Å². The molecule has 1 aromatic rings. The lowest BCUT2D eigenvalue weighted by Gasteiger charge is -2.01.